The molecule has 0 spiro atoms. The minimum Gasteiger partial charge on any atom is -0.381 e. The average molecular weight is 232 g/mol. The molecular weight excluding hydrogens is 212 g/mol. The molecule has 0 atom stereocenters. The van der Waals surface area contributed by atoms with Crippen molar-refractivity contribution in [1.82, 2.24) is 5.16 Å². The van der Waals surface area contributed by atoms with Crippen molar-refractivity contribution in [3.05, 3.63) is 11.3 Å². The van der Waals surface area contributed by atoms with Crippen LogP contribution in [0.25, 0.3) is 0 Å². The maximum atomic E-state index is 5.85. The molecule has 4 saturated carbocycles. The van der Waals surface area contributed by atoms with Crippen LogP contribution in [-0.2, 0) is 5.41 Å². The molecule has 4 aliphatic rings. The average Bonchev–Trinajstić information content (AvgIpc) is 2.58. The van der Waals surface area contributed by atoms with Gasteiger partial charge in [-0.05, 0) is 63.2 Å². The fraction of sp³-hybridized carbons (Fsp3) is 0.786. The molecule has 0 unspecified atom stereocenters. The van der Waals surface area contributed by atoms with Crippen molar-refractivity contribution < 1.29 is 4.52 Å². The molecule has 0 radical (unpaired) electrons. The molecule has 0 amide bonds. The van der Waals surface area contributed by atoms with Gasteiger partial charge in [-0.15, -0.1) is 0 Å². The summed E-state index contributed by atoms with van der Waals surface area (Å²) in [7, 11) is 0. The van der Waals surface area contributed by atoms with Crippen molar-refractivity contribution in [3.63, 3.8) is 0 Å². The van der Waals surface area contributed by atoms with Gasteiger partial charge in [0.15, 0.2) is 5.82 Å². The van der Waals surface area contributed by atoms with Crippen LogP contribution < -0.4 is 5.73 Å². The van der Waals surface area contributed by atoms with Crippen LogP contribution in [0.5, 0.6) is 0 Å². The third kappa shape index (κ3) is 1.25. The number of rotatable bonds is 1. The summed E-state index contributed by atoms with van der Waals surface area (Å²) in [4.78, 5) is 0. The van der Waals surface area contributed by atoms with Crippen molar-refractivity contribution in [1.29, 1.82) is 0 Å². The lowest BCUT2D eigenvalue weighted by Crippen LogP contribution is -2.48. The number of hydrogen-bond donors (Lipinski definition) is 1. The Balaban J connectivity index is 1.80. The highest BCUT2D eigenvalue weighted by molar-refractivity contribution is 5.42. The molecule has 4 fully saturated rings. The lowest BCUT2D eigenvalue weighted by Gasteiger charge is -2.55. The Kier molecular flexibility index (Phi) is 1.80. The Hall–Kier alpha value is -0.990. The normalized spacial score (nSPS) is 43.2. The third-order valence-electron chi connectivity index (χ3n) is 5.48. The molecule has 92 valence electrons. The second-order valence-corrected chi connectivity index (χ2v) is 6.72. The Labute approximate surface area is 102 Å². The van der Waals surface area contributed by atoms with Gasteiger partial charge in [-0.2, -0.15) is 0 Å². The van der Waals surface area contributed by atoms with E-state index in [1.54, 1.807) is 0 Å². The maximum absolute atomic E-state index is 5.85. The minimum absolute atomic E-state index is 0.295. The summed E-state index contributed by atoms with van der Waals surface area (Å²) >= 11 is 0. The molecule has 3 heteroatoms. The first-order valence-electron chi connectivity index (χ1n) is 6.88. The molecule has 3 nitrogen and oxygen atoms in total. The molecule has 1 aromatic rings. The van der Waals surface area contributed by atoms with Gasteiger partial charge in [0, 0.05) is 11.0 Å². The van der Waals surface area contributed by atoms with Crippen molar-refractivity contribution >= 4 is 5.82 Å². The monoisotopic (exact) mass is 232 g/mol. The van der Waals surface area contributed by atoms with Gasteiger partial charge in [0.2, 0.25) is 0 Å². The summed E-state index contributed by atoms with van der Waals surface area (Å²) in [5.74, 6) is 4.52. The maximum Gasteiger partial charge on any atom is 0.170 e. The van der Waals surface area contributed by atoms with E-state index in [1.807, 2.05) is 0 Å². The zero-order valence-electron chi connectivity index (χ0n) is 10.4. The lowest BCUT2D eigenvalue weighted by molar-refractivity contribution is -0.0179. The van der Waals surface area contributed by atoms with E-state index in [0.717, 1.165) is 29.1 Å². The van der Waals surface area contributed by atoms with Crippen LogP contribution >= 0.6 is 0 Å². The van der Waals surface area contributed by atoms with E-state index in [1.165, 1.54) is 38.5 Å². The molecule has 2 N–H and O–H groups in total. The number of nitrogens with two attached hydrogens (primary N) is 1. The third-order valence-corrected chi connectivity index (χ3v) is 5.48. The summed E-state index contributed by atoms with van der Waals surface area (Å²) in [5.41, 5.74) is 7.25. The van der Waals surface area contributed by atoms with Gasteiger partial charge < -0.3 is 10.3 Å². The first-order valence-corrected chi connectivity index (χ1v) is 6.88. The van der Waals surface area contributed by atoms with Gasteiger partial charge in [-0.1, -0.05) is 5.16 Å². The number of hydrogen-bond acceptors (Lipinski definition) is 3. The first kappa shape index (κ1) is 9.98. The van der Waals surface area contributed by atoms with Crippen LogP contribution in [0.15, 0.2) is 4.52 Å². The molecule has 1 aromatic heterocycles. The zero-order chi connectivity index (χ0) is 11.6. The summed E-state index contributed by atoms with van der Waals surface area (Å²) in [6, 6.07) is 0. The Morgan fingerprint density at radius 1 is 1.12 bits per heavy atom. The summed E-state index contributed by atoms with van der Waals surface area (Å²) in [6.07, 6.45) is 8.32. The molecule has 17 heavy (non-hydrogen) atoms. The molecule has 5 rings (SSSR count). The van der Waals surface area contributed by atoms with Gasteiger partial charge in [0.1, 0.15) is 5.76 Å². The van der Waals surface area contributed by atoms with Gasteiger partial charge in [0.05, 0.1) is 0 Å². The largest absolute Gasteiger partial charge is 0.381 e. The molecule has 0 aliphatic heterocycles. The number of anilines is 1. The van der Waals surface area contributed by atoms with E-state index >= 15 is 0 Å². The van der Waals surface area contributed by atoms with Crippen molar-refractivity contribution in [3.8, 4) is 0 Å². The summed E-state index contributed by atoms with van der Waals surface area (Å²) < 4.78 is 5.60. The smallest absolute Gasteiger partial charge is 0.170 e. The van der Waals surface area contributed by atoms with E-state index < -0.39 is 0 Å². The SMILES string of the molecule is Cc1c(N)noc1C12CC3CC(CC(C3)C1)C2. The van der Waals surface area contributed by atoms with Crippen LogP contribution in [0.2, 0.25) is 0 Å². The second-order valence-electron chi connectivity index (χ2n) is 6.72. The summed E-state index contributed by atoms with van der Waals surface area (Å²) in [6.45, 7) is 2.07. The Morgan fingerprint density at radius 2 is 1.65 bits per heavy atom. The Morgan fingerprint density at radius 3 is 2.06 bits per heavy atom. The standard InChI is InChI=1S/C14H20N2O/c1-8-12(17-16-13(8)15)14-5-9-2-10(6-14)4-11(3-9)7-14/h9-11H,2-7H2,1H3,(H2,15,16). The van der Waals surface area contributed by atoms with E-state index in [2.05, 4.69) is 12.1 Å². The van der Waals surface area contributed by atoms with Crippen LogP contribution in [0.4, 0.5) is 5.82 Å². The highest BCUT2D eigenvalue weighted by atomic mass is 16.5. The molecular formula is C14H20N2O. The van der Waals surface area contributed by atoms with Crippen LogP contribution in [0.1, 0.15) is 49.8 Å². The molecule has 0 saturated heterocycles. The van der Waals surface area contributed by atoms with E-state index in [0.29, 0.717) is 11.2 Å². The van der Waals surface area contributed by atoms with E-state index in [9.17, 15) is 0 Å². The van der Waals surface area contributed by atoms with Gasteiger partial charge >= 0.3 is 0 Å². The van der Waals surface area contributed by atoms with Crippen LogP contribution in [-0.4, -0.2) is 5.16 Å². The molecule has 4 aliphatic carbocycles. The fourth-order valence-electron chi connectivity index (χ4n) is 5.23. The Bertz CT molecular complexity index is 428. The lowest BCUT2D eigenvalue weighted by atomic mass is 9.49. The highest BCUT2D eigenvalue weighted by Gasteiger charge is 2.54. The number of nitrogens with zero attached hydrogens (tertiary/aromatic N) is 1. The van der Waals surface area contributed by atoms with E-state index in [4.69, 9.17) is 10.3 Å². The predicted molar refractivity (Wildman–Crippen MR) is 65.5 cm³/mol. The predicted octanol–water partition coefficient (Wildman–Crippen LogP) is 3.03. The molecule has 1 heterocycles. The van der Waals surface area contributed by atoms with Gasteiger partial charge in [0.25, 0.3) is 0 Å². The first-order chi connectivity index (χ1) is 8.16. The molecule has 0 aromatic carbocycles. The van der Waals surface area contributed by atoms with E-state index in [-0.39, 0.29) is 0 Å². The second kappa shape index (κ2) is 3.06. The van der Waals surface area contributed by atoms with Crippen molar-refractivity contribution in [2.24, 2.45) is 17.8 Å². The van der Waals surface area contributed by atoms with Crippen LogP contribution in [0.3, 0.4) is 0 Å². The van der Waals surface area contributed by atoms with Gasteiger partial charge in [-0.25, -0.2) is 0 Å². The topological polar surface area (TPSA) is 52.0 Å². The minimum atomic E-state index is 0.295. The molecule has 4 bridgehead atoms. The van der Waals surface area contributed by atoms with Crippen LogP contribution in [0, 0.1) is 24.7 Å². The number of nitrogen functional groups attached to an aromatic ring is 1. The summed E-state index contributed by atoms with van der Waals surface area (Å²) in [5, 5.41) is 3.98. The van der Waals surface area contributed by atoms with Gasteiger partial charge in [-0.3, -0.25) is 0 Å². The quantitative estimate of drug-likeness (QED) is 0.809. The fourth-order valence-corrected chi connectivity index (χ4v) is 5.23. The van der Waals surface area contributed by atoms with Crippen molar-refractivity contribution in [2.45, 2.75) is 50.9 Å². The van der Waals surface area contributed by atoms with Crippen molar-refractivity contribution in [2.75, 3.05) is 5.73 Å². The zero-order valence-corrected chi connectivity index (χ0v) is 10.4. The number of aromatic nitrogens is 1. The highest BCUT2D eigenvalue weighted by Crippen LogP contribution is 2.61.